The van der Waals surface area contributed by atoms with Gasteiger partial charge in [0.2, 0.25) is 0 Å². The zero-order valence-electron chi connectivity index (χ0n) is 22.1. The van der Waals surface area contributed by atoms with Gasteiger partial charge in [0.05, 0.1) is 21.7 Å². The van der Waals surface area contributed by atoms with Crippen molar-refractivity contribution in [1.82, 2.24) is 9.80 Å². The standard InChI is InChI=1S/C30H32ClFN4O3/c1-3-34(4-2)30(39)24-20-21(33-28(37)22-10-5-7-12-25(22)31)14-15-27(24)35-16-9-17-36(19-18-35)29(38)23-11-6-8-13-26(23)32/h5-8,10-15,20H,3-4,9,16-19H2,1-2H3,(H,33,37). The Labute approximate surface area is 233 Å². The van der Waals surface area contributed by atoms with Crippen molar-refractivity contribution in [3.8, 4) is 0 Å². The van der Waals surface area contributed by atoms with Crippen LogP contribution in [-0.4, -0.2) is 66.8 Å². The van der Waals surface area contributed by atoms with Crippen molar-refractivity contribution < 1.29 is 18.8 Å². The summed E-state index contributed by atoms with van der Waals surface area (Å²) in [6.45, 7) is 6.87. The number of nitrogens with one attached hydrogen (secondary N) is 1. The van der Waals surface area contributed by atoms with E-state index in [0.29, 0.717) is 67.5 Å². The van der Waals surface area contributed by atoms with Gasteiger partial charge in [0, 0.05) is 50.6 Å². The molecule has 1 N–H and O–H groups in total. The maximum Gasteiger partial charge on any atom is 0.257 e. The van der Waals surface area contributed by atoms with Gasteiger partial charge in [0.25, 0.3) is 17.7 Å². The lowest BCUT2D eigenvalue weighted by Gasteiger charge is -2.28. The molecule has 3 aromatic carbocycles. The number of rotatable bonds is 7. The first-order valence-electron chi connectivity index (χ1n) is 13.1. The smallest absolute Gasteiger partial charge is 0.257 e. The van der Waals surface area contributed by atoms with Crippen molar-refractivity contribution in [3.63, 3.8) is 0 Å². The summed E-state index contributed by atoms with van der Waals surface area (Å²) in [7, 11) is 0. The average Bonchev–Trinajstić information content (AvgIpc) is 3.20. The minimum atomic E-state index is -0.537. The first-order valence-corrected chi connectivity index (χ1v) is 13.5. The normalized spacial score (nSPS) is 13.5. The van der Waals surface area contributed by atoms with Gasteiger partial charge in [-0.25, -0.2) is 4.39 Å². The van der Waals surface area contributed by atoms with Gasteiger partial charge < -0.3 is 20.0 Å². The van der Waals surface area contributed by atoms with Crippen molar-refractivity contribution in [1.29, 1.82) is 0 Å². The van der Waals surface area contributed by atoms with E-state index in [2.05, 4.69) is 10.2 Å². The number of hydrogen-bond donors (Lipinski definition) is 1. The van der Waals surface area contributed by atoms with E-state index in [1.54, 1.807) is 58.3 Å². The second-order valence-electron chi connectivity index (χ2n) is 9.26. The first-order chi connectivity index (χ1) is 18.8. The van der Waals surface area contributed by atoms with Crippen LogP contribution in [0.25, 0.3) is 0 Å². The lowest BCUT2D eigenvalue weighted by molar-refractivity contribution is 0.0757. The topological polar surface area (TPSA) is 73.0 Å². The van der Waals surface area contributed by atoms with Crippen LogP contribution < -0.4 is 10.2 Å². The van der Waals surface area contributed by atoms with Crippen molar-refractivity contribution in [3.05, 3.63) is 94.3 Å². The van der Waals surface area contributed by atoms with Crippen LogP contribution in [0.2, 0.25) is 5.02 Å². The third-order valence-corrected chi connectivity index (χ3v) is 7.21. The van der Waals surface area contributed by atoms with Crippen LogP contribution in [0.15, 0.2) is 66.7 Å². The summed E-state index contributed by atoms with van der Waals surface area (Å²) in [6.07, 6.45) is 0.657. The van der Waals surface area contributed by atoms with Crippen LogP contribution in [0.3, 0.4) is 0 Å². The number of carbonyl (C=O) groups is 3. The van der Waals surface area contributed by atoms with Crippen LogP contribution in [0.4, 0.5) is 15.8 Å². The SMILES string of the molecule is CCN(CC)C(=O)c1cc(NC(=O)c2ccccc2Cl)ccc1N1CCCN(C(=O)c2ccccc2F)CC1. The molecule has 0 aliphatic carbocycles. The second-order valence-corrected chi connectivity index (χ2v) is 9.66. The number of nitrogens with zero attached hydrogens (tertiary/aromatic N) is 3. The lowest BCUT2D eigenvalue weighted by atomic mass is 10.1. The third kappa shape index (κ3) is 6.40. The number of benzene rings is 3. The summed E-state index contributed by atoms with van der Waals surface area (Å²) in [4.78, 5) is 44.9. The Kier molecular flexibility index (Phi) is 9.19. The average molecular weight is 551 g/mol. The van der Waals surface area contributed by atoms with E-state index < -0.39 is 5.82 Å². The van der Waals surface area contributed by atoms with Gasteiger partial charge in [-0.2, -0.15) is 0 Å². The molecule has 204 valence electrons. The highest BCUT2D eigenvalue weighted by atomic mass is 35.5. The predicted molar refractivity (Wildman–Crippen MR) is 152 cm³/mol. The van der Waals surface area contributed by atoms with Crippen molar-refractivity contribution >= 4 is 40.7 Å². The summed E-state index contributed by atoms with van der Waals surface area (Å²) in [5.74, 6) is -1.39. The molecule has 1 aliphatic rings. The van der Waals surface area contributed by atoms with Gasteiger partial charge in [0.1, 0.15) is 5.82 Å². The summed E-state index contributed by atoms with van der Waals surface area (Å²) in [6, 6.07) is 18.0. The van der Waals surface area contributed by atoms with Crippen molar-refractivity contribution in [2.45, 2.75) is 20.3 Å². The summed E-state index contributed by atoms with van der Waals surface area (Å²) in [5, 5.41) is 3.19. The number of anilines is 2. The molecule has 3 aromatic rings. The fourth-order valence-electron chi connectivity index (χ4n) is 4.75. The molecule has 0 radical (unpaired) electrons. The van der Waals surface area contributed by atoms with Gasteiger partial charge in [-0.3, -0.25) is 14.4 Å². The molecule has 39 heavy (non-hydrogen) atoms. The van der Waals surface area contributed by atoms with Crippen LogP contribution >= 0.6 is 11.6 Å². The van der Waals surface area contributed by atoms with E-state index >= 15 is 0 Å². The van der Waals surface area contributed by atoms with E-state index in [1.165, 1.54) is 12.1 Å². The van der Waals surface area contributed by atoms with Crippen molar-refractivity contribution in [2.75, 3.05) is 49.5 Å². The number of amides is 3. The maximum atomic E-state index is 14.2. The maximum absolute atomic E-state index is 14.2. The highest BCUT2D eigenvalue weighted by Crippen LogP contribution is 2.28. The van der Waals surface area contributed by atoms with E-state index in [4.69, 9.17) is 11.6 Å². The summed E-state index contributed by atoms with van der Waals surface area (Å²) in [5.41, 5.74) is 2.06. The fraction of sp³-hybridized carbons (Fsp3) is 0.300. The molecule has 1 fully saturated rings. The highest BCUT2D eigenvalue weighted by molar-refractivity contribution is 6.34. The largest absolute Gasteiger partial charge is 0.369 e. The number of hydrogen-bond acceptors (Lipinski definition) is 4. The molecule has 3 amide bonds. The lowest BCUT2D eigenvalue weighted by Crippen LogP contribution is -2.36. The van der Waals surface area contributed by atoms with E-state index in [1.807, 2.05) is 19.9 Å². The molecular formula is C30H32ClFN4O3. The number of carbonyl (C=O) groups excluding carboxylic acids is 3. The first kappa shape index (κ1) is 28.1. The van der Waals surface area contributed by atoms with Crippen LogP contribution in [0.1, 0.15) is 51.3 Å². The van der Waals surface area contributed by atoms with Gasteiger partial charge in [-0.15, -0.1) is 0 Å². The zero-order chi connectivity index (χ0) is 27.9. The monoisotopic (exact) mass is 550 g/mol. The Hall–Kier alpha value is -3.91. The molecular weight excluding hydrogens is 519 g/mol. The van der Waals surface area contributed by atoms with Gasteiger partial charge in [0.15, 0.2) is 0 Å². The Morgan fingerprint density at radius 3 is 2.26 bits per heavy atom. The molecule has 0 bridgehead atoms. The van der Waals surface area contributed by atoms with E-state index in [0.717, 1.165) is 5.69 Å². The van der Waals surface area contributed by atoms with Crippen LogP contribution in [0, 0.1) is 5.82 Å². The Morgan fingerprint density at radius 2 is 1.56 bits per heavy atom. The Morgan fingerprint density at radius 1 is 0.872 bits per heavy atom. The summed E-state index contributed by atoms with van der Waals surface area (Å²) < 4.78 is 14.2. The van der Waals surface area contributed by atoms with Crippen molar-refractivity contribution in [2.24, 2.45) is 0 Å². The zero-order valence-corrected chi connectivity index (χ0v) is 22.9. The Balaban J connectivity index is 1.59. The van der Waals surface area contributed by atoms with E-state index in [-0.39, 0.29) is 23.3 Å². The van der Waals surface area contributed by atoms with Crippen LogP contribution in [0.5, 0.6) is 0 Å². The molecule has 0 unspecified atom stereocenters. The van der Waals surface area contributed by atoms with Gasteiger partial charge in [-0.1, -0.05) is 35.9 Å². The molecule has 4 rings (SSSR count). The van der Waals surface area contributed by atoms with Crippen LogP contribution in [-0.2, 0) is 0 Å². The molecule has 0 aromatic heterocycles. The van der Waals surface area contributed by atoms with E-state index in [9.17, 15) is 18.8 Å². The molecule has 1 saturated heterocycles. The molecule has 1 aliphatic heterocycles. The Bertz CT molecular complexity index is 1360. The predicted octanol–water partition coefficient (Wildman–Crippen LogP) is 5.57. The molecule has 9 heteroatoms. The molecule has 0 spiro atoms. The molecule has 0 atom stereocenters. The molecule has 7 nitrogen and oxygen atoms in total. The molecule has 0 saturated carbocycles. The minimum Gasteiger partial charge on any atom is -0.369 e. The molecule has 1 heterocycles. The number of halogens is 2. The highest BCUT2D eigenvalue weighted by Gasteiger charge is 2.26. The minimum absolute atomic E-state index is 0.0574. The summed E-state index contributed by atoms with van der Waals surface area (Å²) >= 11 is 6.19. The quantitative estimate of drug-likeness (QED) is 0.418. The van der Waals surface area contributed by atoms with Gasteiger partial charge in [-0.05, 0) is 62.7 Å². The van der Waals surface area contributed by atoms with Gasteiger partial charge >= 0.3 is 0 Å². The third-order valence-electron chi connectivity index (χ3n) is 6.88. The fourth-order valence-corrected chi connectivity index (χ4v) is 4.97. The second kappa shape index (κ2) is 12.8.